The molecule has 0 spiro atoms. The number of phosphoric acid groups is 1. The maximum absolute atomic E-state index is 8.88. The average molecular weight is 188 g/mol. The van der Waals surface area contributed by atoms with Crippen molar-refractivity contribution in [1.29, 1.82) is 0 Å². The van der Waals surface area contributed by atoms with Gasteiger partial charge < -0.3 is 26.3 Å². The van der Waals surface area contributed by atoms with Gasteiger partial charge in [0.25, 0.3) is 0 Å². The maximum Gasteiger partial charge on any atom is 0.466 e. The molecule has 0 fully saturated rings. The zero-order valence-corrected chi connectivity index (χ0v) is 5.86. The van der Waals surface area contributed by atoms with Gasteiger partial charge in [-0.25, -0.2) is 4.57 Å². The molecule has 0 saturated heterocycles. The van der Waals surface area contributed by atoms with Crippen molar-refractivity contribution < 1.29 is 41.8 Å². The Morgan fingerprint density at radius 1 is 1.12 bits per heavy atom. The summed E-state index contributed by atoms with van der Waals surface area (Å²) in [6.45, 7) is 0. The van der Waals surface area contributed by atoms with Crippen molar-refractivity contribution in [2.75, 3.05) is 0 Å². The molecule has 0 aliphatic carbocycles. The van der Waals surface area contributed by atoms with Crippen molar-refractivity contribution in [2.24, 2.45) is 0 Å². The van der Waals surface area contributed by atoms with Crippen LogP contribution >= 0.6 is 7.82 Å². The van der Waals surface area contributed by atoms with Crippen molar-refractivity contribution in [3.05, 3.63) is 0 Å². The Labute approximate surface area is 56.5 Å². The second kappa shape index (κ2) is 7.55. The molecule has 8 N–H and O–H groups in total. The Bertz CT molecular complexity index is 58.6. The van der Waals surface area contributed by atoms with Crippen molar-refractivity contribution in [2.45, 2.75) is 0 Å². The van der Waals surface area contributed by atoms with Crippen LogP contribution in [-0.4, -0.2) is 20.2 Å². The fourth-order valence-corrected chi connectivity index (χ4v) is 0. The summed E-state index contributed by atoms with van der Waals surface area (Å²) >= 11 is 0. The molecule has 8 heteroatoms. The van der Waals surface area contributed by atoms with Gasteiger partial charge in [-0.1, -0.05) is 0 Å². The molecule has 0 aliphatic rings. The fourth-order valence-electron chi connectivity index (χ4n) is 0. The molecule has 8 heavy (non-hydrogen) atoms. The summed E-state index contributed by atoms with van der Waals surface area (Å²) in [4.78, 5) is 21.6. The molecule has 0 aromatic heterocycles. The van der Waals surface area contributed by atoms with E-state index in [0.717, 1.165) is 0 Å². The van der Waals surface area contributed by atoms with Gasteiger partial charge in [0.05, 0.1) is 0 Å². The average Bonchev–Trinajstić information content (AvgIpc) is 0.722. The molecule has 0 unspecified atom stereocenters. The van der Waals surface area contributed by atoms with Crippen molar-refractivity contribution in [3.8, 4) is 0 Å². The monoisotopic (exact) mass is 188 g/mol. The van der Waals surface area contributed by atoms with E-state index in [4.69, 9.17) is 19.2 Å². The molecule has 0 heterocycles. The van der Waals surface area contributed by atoms with E-state index in [-0.39, 0.29) is 28.7 Å². The van der Waals surface area contributed by atoms with Crippen LogP contribution in [0.25, 0.3) is 0 Å². The maximum atomic E-state index is 8.88. The Balaban J connectivity index is -0.0000000267. The Hall–Kier alpha value is 0.549. The molecule has 55 valence electrons. The van der Waals surface area contributed by atoms with Crippen LogP contribution < -0.4 is 6.15 Å². The molecule has 0 rings (SSSR count). The third-order valence-corrected chi connectivity index (χ3v) is 0. The van der Waals surface area contributed by atoms with Crippen LogP contribution in [0.2, 0.25) is 0 Å². The summed E-state index contributed by atoms with van der Waals surface area (Å²) in [6.07, 6.45) is 0. The molecule has 0 aliphatic heterocycles. The number of hydrogen-bond acceptors (Lipinski definition) is 2. The van der Waals surface area contributed by atoms with Gasteiger partial charge in [-0.15, -0.1) is 0 Å². The van der Waals surface area contributed by atoms with Crippen LogP contribution in [0, 0.1) is 0 Å². The quantitative estimate of drug-likeness (QED) is 0.267. The SMILES string of the molecule is N.O.O=P(O)(O)O.[Mn]. The predicted molar refractivity (Wildman–Crippen MR) is 22.9 cm³/mol. The van der Waals surface area contributed by atoms with Gasteiger partial charge in [-0.3, -0.25) is 0 Å². The third-order valence-electron chi connectivity index (χ3n) is 0. The molecule has 1 radical (unpaired) electrons. The Morgan fingerprint density at radius 3 is 1.12 bits per heavy atom. The minimum absolute atomic E-state index is 0. The Kier molecular flexibility index (Phi) is 22.2. The van der Waals surface area contributed by atoms with Gasteiger partial charge in [0.1, 0.15) is 0 Å². The van der Waals surface area contributed by atoms with Crippen LogP contribution in [-0.2, 0) is 21.6 Å². The van der Waals surface area contributed by atoms with Gasteiger partial charge in [0.2, 0.25) is 0 Å². The van der Waals surface area contributed by atoms with Crippen LogP contribution in [0.3, 0.4) is 0 Å². The van der Waals surface area contributed by atoms with Crippen molar-refractivity contribution in [1.82, 2.24) is 6.15 Å². The first-order valence-corrected chi connectivity index (χ1v) is 2.35. The van der Waals surface area contributed by atoms with Gasteiger partial charge in [-0.05, 0) is 0 Å². The van der Waals surface area contributed by atoms with E-state index in [2.05, 4.69) is 0 Å². The minimum Gasteiger partial charge on any atom is -0.412 e. The van der Waals surface area contributed by atoms with E-state index >= 15 is 0 Å². The topological polar surface area (TPSA) is 144 Å². The predicted octanol–water partition coefficient (Wildman–Crippen LogP) is -1.59. The third kappa shape index (κ3) is 668. The van der Waals surface area contributed by atoms with E-state index in [0.29, 0.717) is 0 Å². The van der Waals surface area contributed by atoms with Gasteiger partial charge in [0.15, 0.2) is 0 Å². The molecule has 0 aromatic rings. The molecular formula is H8MnNO5P. The first-order valence-electron chi connectivity index (χ1n) is 0.783. The van der Waals surface area contributed by atoms with Gasteiger partial charge >= 0.3 is 7.82 Å². The van der Waals surface area contributed by atoms with Crippen molar-refractivity contribution in [3.63, 3.8) is 0 Å². The zero-order valence-electron chi connectivity index (χ0n) is 3.78. The van der Waals surface area contributed by atoms with Crippen molar-refractivity contribution >= 4 is 7.82 Å². The summed E-state index contributed by atoms with van der Waals surface area (Å²) in [5.74, 6) is 0. The first-order chi connectivity index (χ1) is 2.00. The first kappa shape index (κ1) is 23.5. The molecule has 0 amide bonds. The minimum atomic E-state index is -4.64. The Morgan fingerprint density at radius 2 is 1.12 bits per heavy atom. The van der Waals surface area contributed by atoms with E-state index in [1.54, 1.807) is 0 Å². The fraction of sp³-hybridized carbons (Fsp3) is 0. The molecule has 0 saturated carbocycles. The summed E-state index contributed by atoms with van der Waals surface area (Å²) in [7, 11) is -4.64. The van der Waals surface area contributed by atoms with Crippen LogP contribution in [0.5, 0.6) is 0 Å². The molecule has 0 atom stereocenters. The normalized spacial score (nSPS) is 7.38. The number of hydrogen-bond donors (Lipinski definition) is 4. The number of rotatable bonds is 0. The summed E-state index contributed by atoms with van der Waals surface area (Å²) in [5.41, 5.74) is 0. The zero-order chi connectivity index (χ0) is 4.50. The summed E-state index contributed by atoms with van der Waals surface area (Å²) in [5, 5.41) is 0. The molecule has 0 aromatic carbocycles. The van der Waals surface area contributed by atoms with Gasteiger partial charge in [-0.2, -0.15) is 0 Å². The molecular weight excluding hydrogens is 180 g/mol. The van der Waals surface area contributed by atoms with E-state index < -0.39 is 7.82 Å². The summed E-state index contributed by atoms with van der Waals surface area (Å²) in [6, 6.07) is 0. The van der Waals surface area contributed by atoms with E-state index in [1.807, 2.05) is 0 Å². The molecule has 6 nitrogen and oxygen atoms in total. The largest absolute Gasteiger partial charge is 0.466 e. The van der Waals surface area contributed by atoms with Crippen LogP contribution in [0.15, 0.2) is 0 Å². The van der Waals surface area contributed by atoms with E-state index in [1.165, 1.54) is 0 Å². The van der Waals surface area contributed by atoms with Crippen LogP contribution in [0.4, 0.5) is 0 Å². The summed E-state index contributed by atoms with van der Waals surface area (Å²) < 4.78 is 8.88. The second-order valence-corrected chi connectivity index (χ2v) is 1.54. The van der Waals surface area contributed by atoms with Crippen LogP contribution in [0.1, 0.15) is 0 Å². The standard InChI is InChI=1S/Mn.H3N.H3O4P.H2O/c;;1-5(2,3)4;/h;1H3;(H3,1,2,3,4);1H2. The smallest absolute Gasteiger partial charge is 0.412 e. The van der Waals surface area contributed by atoms with Gasteiger partial charge in [0, 0.05) is 17.1 Å². The molecule has 0 bridgehead atoms. The van der Waals surface area contributed by atoms with E-state index in [9.17, 15) is 0 Å². The second-order valence-electron chi connectivity index (χ2n) is 0.513.